The van der Waals surface area contributed by atoms with E-state index in [-0.39, 0.29) is 23.5 Å². The number of methoxy groups -OCH3 is 1. The van der Waals surface area contributed by atoms with Crippen LogP contribution in [0.4, 0.5) is 10.1 Å². The lowest BCUT2D eigenvalue weighted by atomic mass is 10.1. The fourth-order valence-corrected chi connectivity index (χ4v) is 4.72. The van der Waals surface area contributed by atoms with Crippen molar-refractivity contribution in [2.24, 2.45) is 0 Å². The van der Waals surface area contributed by atoms with Crippen LogP contribution in [0.1, 0.15) is 6.92 Å². The smallest absolute Gasteiger partial charge is 0.244 e. The SMILES string of the molecule is COc1cc(N2CCN(C(=O)Cn3nc(-c4ccccn4)c4cccnc43)C(C)C2)c(F)cc1Cl. The molecule has 180 valence electrons. The number of ether oxygens (including phenoxy) is 1. The molecule has 1 aliphatic rings. The molecule has 4 heterocycles. The van der Waals surface area contributed by atoms with Crippen molar-refractivity contribution in [3.8, 4) is 17.1 Å². The molecule has 1 atom stereocenters. The molecular weight excluding hydrogens is 471 g/mol. The zero-order chi connectivity index (χ0) is 24.5. The van der Waals surface area contributed by atoms with E-state index >= 15 is 0 Å². The Labute approximate surface area is 206 Å². The van der Waals surface area contributed by atoms with E-state index in [1.807, 2.05) is 42.2 Å². The lowest BCUT2D eigenvalue weighted by molar-refractivity contribution is -0.134. The van der Waals surface area contributed by atoms with Crippen LogP contribution in [-0.2, 0) is 11.3 Å². The molecule has 0 radical (unpaired) electrons. The zero-order valence-corrected chi connectivity index (χ0v) is 20.1. The molecule has 3 aromatic heterocycles. The lowest BCUT2D eigenvalue weighted by Gasteiger charge is -2.41. The van der Waals surface area contributed by atoms with Gasteiger partial charge in [0.25, 0.3) is 0 Å². The minimum absolute atomic E-state index is 0.0494. The van der Waals surface area contributed by atoms with E-state index in [0.29, 0.717) is 42.4 Å². The van der Waals surface area contributed by atoms with Gasteiger partial charge in [0.15, 0.2) is 5.65 Å². The Bertz CT molecular complexity index is 1380. The number of pyridine rings is 2. The number of carbonyl (C=O) groups is 1. The van der Waals surface area contributed by atoms with Gasteiger partial charge in [-0.3, -0.25) is 9.78 Å². The van der Waals surface area contributed by atoms with Crippen LogP contribution in [0.15, 0.2) is 54.9 Å². The summed E-state index contributed by atoms with van der Waals surface area (Å²) in [7, 11) is 1.50. The highest BCUT2D eigenvalue weighted by Gasteiger charge is 2.30. The lowest BCUT2D eigenvalue weighted by Crippen LogP contribution is -2.55. The van der Waals surface area contributed by atoms with Gasteiger partial charge in [-0.05, 0) is 37.3 Å². The number of piperazine rings is 1. The number of halogens is 2. The number of fused-ring (bicyclic) bond motifs is 1. The second-order valence-corrected chi connectivity index (χ2v) is 8.82. The molecule has 1 aromatic carbocycles. The van der Waals surface area contributed by atoms with E-state index in [2.05, 4.69) is 15.1 Å². The van der Waals surface area contributed by atoms with E-state index in [4.69, 9.17) is 16.3 Å². The second kappa shape index (κ2) is 9.50. The third-order valence-corrected chi connectivity index (χ3v) is 6.50. The van der Waals surface area contributed by atoms with Gasteiger partial charge in [0.2, 0.25) is 5.91 Å². The summed E-state index contributed by atoms with van der Waals surface area (Å²) in [5.41, 5.74) is 2.45. The maximum absolute atomic E-state index is 14.6. The molecule has 0 aliphatic carbocycles. The monoisotopic (exact) mass is 494 g/mol. The average Bonchev–Trinajstić information content (AvgIpc) is 3.23. The van der Waals surface area contributed by atoms with E-state index in [1.165, 1.54) is 13.2 Å². The summed E-state index contributed by atoms with van der Waals surface area (Å²) in [4.78, 5) is 25.9. The van der Waals surface area contributed by atoms with Crippen LogP contribution in [0, 0.1) is 5.82 Å². The maximum atomic E-state index is 14.6. The molecule has 0 spiro atoms. The van der Waals surface area contributed by atoms with Gasteiger partial charge in [-0.2, -0.15) is 5.10 Å². The third kappa shape index (κ3) is 4.39. The summed E-state index contributed by atoms with van der Waals surface area (Å²) in [5.74, 6) is -0.0798. The van der Waals surface area contributed by atoms with E-state index in [1.54, 1.807) is 28.0 Å². The Balaban J connectivity index is 1.35. The molecule has 0 saturated carbocycles. The summed E-state index contributed by atoms with van der Waals surface area (Å²) >= 11 is 6.04. The van der Waals surface area contributed by atoms with Crippen molar-refractivity contribution in [2.75, 3.05) is 31.6 Å². The van der Waals surface area contributed by atoms with Crippen LogP contribution in [0.3, 0.4) is 0 Å². The van der Waals surface area contributed by atoms with Crippen LogP contribution >= 0.6 is 11.6 Å². The molecule has 1 saturated heterocycles. The molecule has 1 amide bonds. The number of benzene rings is 1. The largest absolute Gasteiger partial charge is 0.495 e. The Morgan fingerprint density at radius 3 is 2.74 bits per heavy atom. The quantitative estimate of drug-likeness (QED) is 0.417. The first-order chi connectivity index (χ1) is 17.0. The Morgan fingerprint density at radius 2 is 2.00 bits per heavy atom. The molecule has 1 aliphatic heterocycles. The highest BCUT2D eigenvalue weighted by Crippen LogP contribution is 2.33. The van der Waals surface area contributed by atoms with Gasteiger partial charge < -0.3 is 14.5 Å². The summed E-state index contributed by atoms with van der Waals surface area (Å²) in [6.07, 6.45) is 3.39. The minimum Gasteiger partial charge on any atom is -0.495 e. The standard InChI is InChI=1S/C25H24ClFN6O2/c1-16-14-31(21-13-22(35-2)18(26)12-19(21)27)10-11-32(16)23(34)15-33-25-17(6-5-9-29-25)24(30-33)20-7-3-4-8-28-20/h3-9,12-13,16H,10-11,14-15H2,1-2H3. The van der Waals surface area contributed by atoms with Gasteiger partial charge in [0.1, 0.15) is 23.8 Å². The number of carbonyl (C=O) groups excluding carboxylic acids is 1. The molecule has 4 aromatic rings. The zero-order valence-electron chi connectivity index (χ0n) is 19.4. The summed E-state index contributed by atoms with van der Waals surface area (Å²) < 4.78 is 21.5. The molecular formula is C25H24ClFN6O2. The van der Waals surface area contributed by atoms with E-state index in [9.17, 15) is 9.18 Å². The van der Waals surface area contributed by atoms with Gasteiger partial charge in [-0.25, -0.2) is 14.1 Å². The van der Waals surface area contributed by atoms with Crippen LogP contribution in [0.2, 0.25) is 5.02 Å². The average molecular weight is 495 g/mol. The van der Waals surface area contributed by atoms with Gasteiger partial charge in [0.05, 0.1) is 23.5 Å². The summed E-state index contributed by atoms with van der Waals surface area (Å²) in [5, 5.41) is 5.74. The van der Waals surface area contributed by atoms with Crippen molar-refractivity contribution in [3.05, 3.63) is 65.7 Å². The van der Waals surface area contributed by atoms with Crippen molar-refractivity contribution in [1.82, 2.24) is 24.6 Å². The maximum Gasteiger partial charge on any atom is 0.244 e. The highest BCUT2D eigenvalue weighted by molar-refractivity contribution is 6.32. The molecule has 0 N–H and O–H groups in total. The molecule has 35 heavy (non-hydrogen) atoms. The van der Waals surface area contributed by atoms with Crippen molar-refractivity contribution >= 4 is 34.2 Å². The molecule has 5 rings (SSSR count). The van der Waals surface area contributed by atoms with Gasteiger partial charge in [-0.1, -0.05) is 17.7 Å². The number of nitrogens with zero attached hydrogens (tertiary/aromatic N) is 6. The van der Waals surface area contributed by atoms with Gasteiger partial charge in [0, 0.05) is 49.5 Å². The van der Waals surface area contributed by atoms with Crippen LogP contribution < -0.4 is 9.64 Å². The van der Waals surface area contributed by atoms with Gasteiger partial charge in [-0.15, -0.1) is 0 Å². The van der Waals surface area contributed by atoms with Crippen molar-refractivity contribution < 1.29 is 13.9 Å². The first-order valence-corrected chi connectivity index (χ1v) is 11.6. The predicted octanol–water partition coefficient (Wildman–Crippen LogP) is 4.03. The minimum atomic E-state index is -0.418. The summed E-state index contributed by atoms with van der Waals surface area (Å²) in [6, 6.07) is 12.1. The fourth-order valence-electron chi connectivity index (χ4n) is 4.49. The first-order valence-electron chi connectivity index (χ1n) is 11.3. The molecule has 8 nitrogen and oxygen atoms in total. The number of amides is 1. The number of aromatic nitrogens is 4. The Morgan fingerprint density at radius 1 is 1.17 bits per heavy atom. The first kappa shape index (κ1) is 23.0. The third-order valence-electron chi connectivity index (χ3n) is 6.21. The molecule has 1 fully saturated rings. The number of hydrogen-bond acceptors (Lipinski definition) is 6. The molecule has 1 unspecified atom stereocenters. The number of rotatable bonds is 5. The van der Waals surface area contributed by atoms with Gasteiger partial charge >= 0.3 is 0 Å². The number of hydrogen-bond donors (Lipinski definition) is 0. The summed E-state index contributed by atoms with van der Waals surface area (Å²) in [6.45, 7) is 3.41. The Kier molecular flexibility index (Phi) is 6.25. The van der Waals surface area contributed by atoms with Crippen molar-refractivity contribution in [2.45, 2.75) is 19.5 Å². The Hall–Kier alpha value is -3.72. The highest BCUT2D eigenvalue weighted by atomic mass is 35.5. The molecule has 0 bridgehead atoms. The second-order valence-electron chi connectivity index (χ2n) is 8.42. The van der Waals surface area contributed by atoms with E-state index < -0.39 is 5.82 Å². The molecule has 10 heteroatoms. The topological polar surface area (TPSA) is 76.4 Å². The normalized spacial score (nSPS) is 16.1. The van der Waals surface area contributed by atoms with Crippen molar-refractivity contribution in [3.63, 3.8) is 0 Å². The van der Waals surface area contributed by atoms with Crippen LogP contribution in [0.5, 0.6) is 5.75 Å². The van der Waals surface area contributed by atoms with Crippen molar-refractivity contribution in [1.29, 1.82) is 0 Å². The predicted molar refractivity (Wildman–Crippen MR) is 132 cm³/mol. The fraction of sp³-hybridized carbons (Fsp3) is 0.280. The van der Waals surface area contributed by atoms with E-state index in [0.717, 1.165) is 11.1 Å². The number of anilines is 1. The van der Waals surface area contributed by atoms with Crippen LogP contribution in [0.25, 0.3) is 22.4 Å². The van der Waals surface area contributed by atoms with Crippen LogP contribution in [-0.4, -0.2) is 63.3 Å².